The zero-order valence-electron chi connectivity index (χ0n) is 17.3. The summed E-state index contributed by atoms with van der Waals surface area (Å²) in [4.78, 5) is 20.5. The molecular weight excluding hydrogens is 419 g/mol. The standard InChI is InChI=1S/C20H21FN8OS/c1-12-14(9-24-29(11-30)10-16-15(21)4-5-17(22-2)25-16)19-20(28(12)3)26-18(31-19)8-13-6-7-23-27-13/h4-7,9,11H,8,10H2,1-3H3,(H,22,25)(H,23,27)/b24-9-. The van der Waals surface area contributed by atoms with Crippen LogP contribution in [0.25, 0.3) is 10.3 Å². The summed E-state index contributed by atoms with van der Waals surface area (Å²) < 4.78 is 17.1. The Labute approximate surface area is 181 Å². The topological polar surface area (TPSA) is 104 Å². The maximum absolute atomic E-state index is 14.1. The van der Waals surface area contributed by atoms with Gasteiger partial charge in [0.1, 0.15) is 22.3 Å². The van der Waals surface area contributed by atoms with E-state index in [4.69, 9.17) is 4.98 Å². The highest BCUT2D eigenvalue weighted by molar-refractivity contribution is 7.19. The molecule has 4 heterocycles. The van der Waals surface area contributed by atoms with E-state index in [0.717, 1.165) is 37.3 Å². The lowest BCUT2D eigenvalue weighted by molar-refractivity contribution is -0.118. The van der Waals surface area contributed by atoms with Crippen LogP contribution in [0.3, 0.4) is 0 Å². The van der Waals surface area contributed by atoms with Crippen molar-refractivity contribution < 1.29 is 9.18 Å². The number of H-pyrrole nitrogens is 1. The lowest BCUT2D eigenvalue weighted by Gasteiger charge is -2.12. The van der Waals surface area contributed by atoms with Crippen LogP contribution in [-0.2, 0) is 24.8 Å². The molecule has 160 valence electrons. The van der Waals surface area contributed by atoms with Gasteiger partial charge < -0.3 is 9.88 Å². The Morgan fingerprint density at radius 2 is 2.19 bits per heavy atom. The Balaban J connectivity index is 1.61. The van der Waals surface area contributed by atoms with Crippen LogP contribution in [0.5, 0.6) is 0 Å². The molecule has 0 atom stereocenters. The van der Waals surface area contributed by atoms with Crippen molar-refractivity contribution in [3.8, 4) is 0 Å². The minimum atomic E-state index is -0.495. The van der Waals surface area contributed by atoms with Gasteiger partial charge in [0.2, 0.25) is 6.41 Å². The van der Waals surface area contributed by atoms with Crippen molar-refractivity contribution in [3.63, 3.8) is 0 Å². The summed E-state index contributed by atoms with van der Waals surface area (Å²) in [5, 5.41) is 16.1. The van der Waals surface area contributed by atoms with E-state index >= 15 is 0 Å². The van der Waals surface area contributed by atoms with Crippen molar-refractivity contribution in [2.45, 2.75) is 19.9 Å². The summed E-state index contributed by atoms with van der Waals surface area (Å²) in [5.74, 6) is 0.0199. The number of aromatic amines is 1. The molecule has 0 saturated carbocycles. The molecule has 4 aromatic rings. The van der Waals surface area contributed by atoms with E-state index in [-0.39, 0.29) is 12.2 Å². The van der Waals surface area contributed by atoms with Gasteiger partial charge in [0.15, 0.2) is 5.65 Å². The molecule has 11 heteroatoms. The Morgan fingerprint density at radius 3 is 2.90 bits per heavy atom. The number of aromatic nitrogens is 5. The number of pyridine rings is 1. The minimum Gasteiger partial charge on any atom is -0.373 e. The number of hydrogen-bond acceptors (Lipinski definition) is 7. The first-order chi connectivity index (χ1) is 15.0. The number of carbonyl (C=O) groups excluding carboxylic acids is 1. The van der Waals surface area contributed by atoms with Gasteiger partial charge >= 0.3 is 0 Å². The number of nitrogens with zero attached hydrogens (tertiary/aromatic N) is 6. The van der Waals surface area contributed by atoms with Crippen LogP contribution in [0.15, 0.2) is 29.5 Å². The first kappa shape index (κ1) is 20.7. The number of hydrogen-bond donors (Lipinski definition) is 2. The molecule has 0 spiro atoms. The Morgan fingerprint density at radius 1 is 1.35 bits per heavy atom. The molecule has 0 aliphatic carbocycles. The maximum Gasteiger partial charge on any atom is 0.230 e. The van der Waals surface area contributed by atoms with Crippen molar-refractivity contribution >= 4 is 40.1 Å². The van der Waals surface area contributed by atoms with Gasteiger partial charge in [0.05, 0.1) is 17.5 Å². The number of thiazole rings is 1. The van der Waals surface area contributed by atoms with E-state index in [9.17, 15) is 9.18 Å². The van der Waals surface area contributed by atoms with Crippen LogP contribution in [0.4, 0.5) is 10.2 Å². The highest BCUT2D eigenvalue weighted by Crippen LogP contribution is 2.30. The zero-order valence-corrected chi connectivity index (χ0v) is 18.1. The molecule has 0 bridgehead atoms. The molecule has 0 saturated heterocycles. The fourth-order valence-corrected chi connectivity index (χ4v) is 4.34. The summed E-state index contributed by atoms with van der Waals surface area (Å²) in [6.45, 7) is 1.89. The Bertz CT molecular complexity index is 1240. The van der Waals surface area contributed by atoms with Crippen LogP contribution in [-0.4, -0.2) is 49.4 Å². The number of hydrazone groups is 1. The third-order valence-electron chi connectivity index (χ3n) is 4.95. The molecule has 4 rings (SSSR count). The summed E-state index contributed by atoms with van der Waals surface area (Å²) in [6.07, 6.45) is 4.53. The van der Waals surface area contributed by atoms with E-state index < -0.39 is 5.82 Å². The number of aryl methyl sites for hydroxylation is 1. The monoisotopic (exact) mass is 440 g/mol. The Hall–Kier alpha value is -3.60. The fraction of sp³-hybridized carbons (Fsp3) is 0.250. The van der Waals surface area contributed by atoms with Gasteiger partial charge in [-0.05, 0) is 25.1 Å². The van der Waals surface area contributed by atoms with Crippen LogP contribution in [0, 0.1) is 12.7 Å². The lowest BCUT2D eigenvalue weighted by atomic mass is 10.3. The number of fused-ring (bicyclic) bond motifs is 1. The van der Waals surface area contributed by atoms with Gasteiger partial charge in [0.25, 0.3) is 0 Å². The van der Waals surface area contributed by atoms with Crippen molar-refractivity contribution in [2.75, 3.05) is 12.4 Å². The molecule has 0 aliphatic heterocycles. The number of amides is 1. The first-order valence-corrected chi connectivity index (χ1v) is 10.3. The van der Waals surface area contributed by atoms with Crippen LogP contribution >= 0.6 is 11.3 Å². The van der Waals surface area contributed by atoms with Crippen molar-refractivity contribution in [3.05, 3.63) is 57.9 Å². The third-order valence-corrected chi connectivity index (χ3v) is 6.03. The highest BCUT2D eigenvalue weighted by atomic mass is 32.1. The van der Waals surface area contributed by atoms with Gasteiger partial charge in [-0.2, -0.15) is 10.2 Å². The number of halogens is 1. The molecule has 0 radical (unpaired) electrons. The van der Waals surface area contributed by atoms with E-state index in [2.05, 4.69) is 25.6 Å². The predicted octanol–water partition coefficient (Wildman–Crippen LogP) is 2.83. The fourth-order valence-electron chi connectivity index (χ4n) is 3.16. The molecule has 2 N–H and O–H groups in total. The van der Waals surface area contributed by atoms with Gasteiger partial charge in [-0.3, -0.25) is 9.89 Å². The van der Waals surface area contributed by atoms with Gasteiger partial charge in [-0.25, -0.2) is 19.4 Å². The molecule has 4 aromatic heterocycles. The number of nitrogens with one attached hydrogen (secondary N) is 2. The molecule has 0 fully saturated rings. The first-order valence-electron chi connectivity index (χ1n) is 9.52. The third kappa shape index (κ3) is 4.17. The largest absolute Gasteiger partial charge is 0.373 e. The summed E-state index contributed by atoms with van der Waals surface area (Å²) in [6, 6.07) is 4.75. The predicted molar refractivity (Wildman–Crippen MR) is 118 cm³/mol. The smallest absolute Gasteiger partial charge is 0.230 e. The van der Waals surface area contributed by atoms with E-state index in [1.54, 1.807) is 30.8 Å². The number of rotatable bonds is 8. The van der Waals surface area contributed by atoms with Crippen molar-refractivity contribution in [1.82, 2.24) is 29.7 Å². The highest BCUT2D eigenvalue weighted by Gasteiger charge is 2.17. The van der Waals surface area contributed by atoms with E-state index in [0.29, 0.717) is 18.6 Å². The molecule has 1 amide bonds. The van der Waals surface area contributed by atoms with E-state index in [1.807, 2.05) is 24.6 Å². The van der Waals surface area contributed by atoms with Gasteiger partial charge in [-0.1, -0.05) is 0 Å². The molecule has 0 aliphatic rings. The molecule has 9 nitrogen and oxygen atoms in total. The average Bonchev–Trinajstić information content (AvgIpc) is 3.48. The Kier molecular flexibility index (Phi) is 5.76. The van der Waals surface area contributed by atoms with Crippen molar-refractivity contribution in [2.24, 2.45) is 12.1 Å². The molecule has 31 heavy (non-hydrogen) atoms. The zero-order chi connectivity index (χ0) is 22.0. The van der Waals surface area contributed by atoms with Crippen LogP contribution in [0.2, 0.25) is 0 Å². The molecule has 0 unspecified atom stereocenters. The minimum absolute atomic E-state index is 0.0792. The maximum atomic E-state index is 14.1. The lowest BCUT2D eigenvalue weighted by Crippen LogP contribution is -2.17. The normalized spacial score (nSPS) is 11.5. The molecular formula is C20H21FN8OS. The van der Waals surface area contributed by atoms with Crippen molar-refractivity contribution in [1.29, 1.82) is 0 Å². The van der Waals surface area contributed by atoms with Gasteiger partial charge in [0, 0.05) is 43.7 Å². The van der Waals surface area contributed by atoms with E-state index in [1.165, 1.54) is 12.1 Å². The van der Waals surface area contributed by atoms with Crippen LogP contribution < -0.4 is 5.32 Å². The van der Waals surface area contributed by atoms with Crippen LogP contribution in [0.1, 0.15) is 27.7 Å². The second-order valence-corrected chi connectivity index (χ2v) is 7.98. The quantitative estimate of drug-likeness (QED) is 0.249. The molecule has 0 aromatic carbocycles. The SMILES string of the molecule is CNc1ccc(F)c(CN(C=O)/N=C\c2c(C)n(C)c3nc(Cc4ccn[nH]4)sc23)n1. The number of carbonyl (C=O) groups is 1. The average molecular weight is 441 g/mol. The number of anilines is 1. The summed E-state index contributed by atoms with van der Waals surface area (Å²) in [7, 11) is 3.63. The summed E-state index contributed by atoms with van der Waals surface area (Å²) in [5.41, 5.74) is 3.81. The summed E-state index contributed by atoms with van der Waals surface area (Å²) >= 11 is 1.57. The second kappa shape index (κ2) is 8.64. The van der Waals surface area contributed by atoms with Gasteiger partial charge in [-0.15, -0.1) is 11.3 Å². The second-order valence-electron chi connectivity index (χ2n) is 6.90.